The van der Waals surface area contributed by atoms with Gasteiger partial charge >= 0.3 is 0 Å². The van der Waals surface area contributed by atoms with Gasteiger partial charge in [0.05, 0.1) is 7.11 Å². The highest BCUT2D eigenvalue weighted by atomic mass is 16.5. The van der Waals surface area contributed by atoms with Crippen molar-refractivity contribution in [1.29, 1.82) is 0 Å². The largest absolute Gasteiger partial charge is 0.497 e. The Labute approximate surface area is 180 Å². The van der Waals surface area contributed by atoms with Crippen LogP contribution in [0.5, 0.6) is 5.75 Å². The van der Waals surface area contributed by atoms with Gasteiger partial charge in [-0.2, -0.15) is 9.97 Å². The topological polar surface area (TPSA) is 92.5 Å². The first kappa shape index (κ1) is 19.1. The molecule has 1 aliphatic heterocycles. The lowest BCUT2D eigenvalue weighted by Gasteiger charge is -2.28. The Morgan fingerprint density at radius 2 is 1.77 bits per heavy atom. The highest BCUT2D eigenvalue weighted by Crippen LogP contribution is 2.26. The molecule has 0 bridgehead atoms. The van der Waals surface area contributed by atoms with Crippen LogP contribution in [0, 0.1) is 0 Å². The zero-order valence-electron chi connectivity index (χ0n) is 17.3. The third-order valence-corrected chi connectivity index (χ3v) is 5.27. The highest BCUT2D eigenvalue weighted by molar-refractivity contribution is 5.65. The lowest BCUT2D eigenvalue weighted by Crippen LogP contribution is -2.30. The maximum absolute atomic E-state index is 5.29. The van der Waals surface area contributed by atoms with E-state index in [2.05, 4.69) is 30.5 Å². The Bertz CT molecular complexity index is 1190. The number of hydrogen-bond donors (Lipinski definition) is 2. The van der Waals surface area contributed by atoms with Gasteiger partial charge in [-0.3, -0.25) is 0 Å². The van der Waals surface area contributed by atoms with E-state index in [4.69, 9.17) is 9.72 Å². The molecule has 9 nitrogen and oxygen atoms in total. The summed E-state index contributed by atoms with van der Waals surface area (Å²) in [5.41, 5.74) is 1.78. The maximum atomic E-state index is 5.29. The first-order valence-corrected chi connectivity index (χ1v) is 10.4. The summed E-state index contributed by atoms with van der Waals surface area (Å²) < 4.78 is 7.26. The fourth-order valence-corrected chi connectivity index (χ4v) is 3.70. The standard InChI is InChI=1S/C22H24N8O/c1-31-17-5-7-23-18(14-17)26-22-27-19(15-21(28-22)29-9-3-2-4-10-29)25-16-6-11-30-12-8-24-20(30)13-16/h5-8,11-15H,2-4,9-10H2,1H3,(H2,23,25,26,27,28). The Morgan fingerprint density at radius 3 is 2.65 bits per heavy atom. The second-order valence-electron chi connectivity index (χ2n) is 7.42. The highest BCUT2D eigenvalue weighted by Gasteiger charge is 2.15. The van der Waals surface area contributed by atoms with Crippen LogP contribution >= 0.6 is 0 Å². The van der Waals surface area contributed by atoms with Gasteiger partial charge in [0.1, 0.15) is 28.9 Å². The Kier molecular flexibility index (Phi) is 5.22. The second-order valence-corrected chi connectivity index (χ2v) is 7.42. The van der Waals surface area contributed by atoms with Crippen LogP contribution in [-0.2, 0) is 0 Å². The lowest BCUT2D eigenvalue weighted by atomic mass is 10.1. The molecule has 0 atom stereocenters. The van der Waals surface area contributed by atoms with E-state index < -0.39 is 0 Å². The molecule has 158 valence electrons. The molecule has 0 unspecified atom stereocenters. The molecule has 4 aromatic rings. The number of methoxy groups -OCH3 is 1. The molecular formula is C22H24N8O. The number of fused-ring (bicyclic) bond motifs is 1. The van der Waals surface area contributed by atoms with Crippen molar-refractivity contribution in [2.45, 2.75) is 19.3 Å². The molecule has 4 aromatic heterocycles. The fourth-order valence-electron chi connectivity index (χ4n) is 3.70. The molecule has 5 heterocycles. The van der Waals surface area contributed by atoms with E-state index in [1.165, 1.54) is 19.3 Å². The van der Waals surface area contributed by atoms with Gasteiger partial charge < -0.3 is 24.7 Å². The molecule has 0 amide bonds. The number of imidazole rings is 1. The Hall–Kier alpha value is -3.88. The summed E-state index contributed by atoms with van der Waals surface area (Å²) in [6.07, 6.45) is 11.0. The van der Waals surface area contributed by atoms with Crippen LogP contribution in [0.25, 0.3) is 5.65 Å². The quantitative estimate of drug-likeness (QED) is 0.487. The van der Waals surface area contributed by atoms with Gasteiger partial charge in [0, 0.05) is 61.8 Å². The molecule has 0 saturated carbocycles. The first-order chi connectivity index (χ1) is 15.3. The third-order valence-electron chi connectivity index (χ3n) is 5.27. The van der Waals surface area contributed by atoms with Crippen LogP contribution in [-0.4, -0.2) is 44.5 Å². The number of rotatable bonds is 6. The minimum atomic E-state index is 0.480. The average Bonchev–Trinajstić information content (AvgIpc) is 3.27. The van der Waals surface area contributed by atoms with Crippen molar-refractivity contribution in [2.24, 2.45) is 0 Å². The van der Waals surface area contributed by atoms with E-state index in [1.807, 2.05) is 41.1 Å². The van der Waals surface area contributed by atoms with Crippen molar-refractivity contribution >= 4 is 34.7 Å². The molecule has 2 N–H and O–H groups in total. The van der Waals surface area contributed by atoms with Gasteiger partial charge in [0.15, 0.2) is 0 Å². The predicted octanol–water partition coefficient (Wildman–Crippen LogP) is 4.01. The lowest BCUT2D eigenvalue weighted by molar-refractivity contribution is 0.414. The van der Waals surface area contributed by atoms with E-state index in [0.29, 0.717) is 17.6 Å². The summed E-state index contributed by atoms with van der Waals surface area (Å²) in [5, 5.41) is 6.61. The molecule has 0 aromatic carbocycles. The molecule has 31 heavy (non-hydrogen) atoms. The predicted molar refractivity (Wildman–Crippen MR) is 121 cm³/mol. The normalized spacial score (nSPS) is 13.9. The van der Waals surface area contributed by atoms with Crippen molar-refractivity contribution in [3.05, 3.63) is 55.1 Å². The van der Waals surface area contributed by atoms with Crippen molar-refractivity contribution in [3.8, 4) is 5.75 Å². The van der Waals surface area contributed by atoms with Crippen molar-refractivity contribution in [1.82, 2.24) is 24.3 Å². The van der Waals surface area contributed by atoms with E-state index in [1.54, 1.807) is 25.6 Å². The number of nitrogens with one attached hydrogen (secondary N) is 2. The minimum Gasteiger partial charge on any atom is -0.497 e. The van der Waals surface area contributed by atoms with Crippen LogP contribution in [0.4, 0.5) is 29.1 Å². The zero-order valence-corrected chi connectivity index (χ0v) is 17.3. The summed E-state index contributed by atoms with van der Waals surface area (Å²) in [6.45, 7) is 1.99. The van der Waals surface area contributed by atoms with Crippen molar-refractivity contribution < 1.29 is 4.74 Å². The van der Waals surface area contributed by atoms with E-state index in [-0.39, 0.29) is 0 Å². The summed E-state index contributed by atoms with van der Waals surface area (Å²) in [4.78, 5) is 20.4. The summed E-state index contributed by atoms with van der Waals surface area (Å²) >= 11 is 0. The number of piperidine rings is 1. The Morgan fingerprint density at radius 1 is 0.871 bits per heavy atom. The maximum Gasteiger partial charge on any atom is 0.232 e. The number of aromatic nitrogens is 5. The Balaban J connectivity index is 1.47. The van der Waals surface area contributed by atoms with Crippen LogP contribution in [0.3, 0.4) is 0 Å². The van der Waals surface area contributed by atoms with Crippen molar-refractivity contribution in [3.63, 3.8) is 0 Å². The van der Waals surface area contributed by atoms with E-state index >= 15 is 0 Å². The molecule has 1 saturated heterocycles. The number of ether oxygens (including phenoxy) is 1. The van der Waals surface area contributed by atoms with E-state index in [0.717, 1.165) is 36.0 Å². The second kappa shape index (κ2) is 8.47. The zero-order chi connectivity index (χ0) is 21.0. The van der Waals surface area contributed by atoms with Crippen LogP contribution in [0.1, 0.15) is 19.3 Å². The number of anilines is 5. The van der Waals surface area contributed by atoms with E-state index in [9.17, 15) is 0 Å². The van der Waals surface area contributed by atoms with Gasteiger partial charge in [-0.1, -0.05) is 0 Å². The van der Waals surface area contributed by atoms with Gasteiger partial charge in [-0.15, -0.1) is 0 Å². The molecule has 1 aliphatic rings. The molecule has 1 fully saturated rings. The van der Waals surface area contributed by atoms with Crippen LogP contribution in [0.15, 0.2) is 55.1 Å². The molecule has 9 heteroatoms. The van der Waals surface area contributed by atoms with Crippen LogP contribution < -0.4 is 20.3 Å². The van der Waals surface area contributed by atoms with Gasteiger partial charge in [0.2, 0.25) is 5.95 Å². The van der Waals surface area contributed by atoms with Gasteiger partial charge in [-0.25, -0.2) is 9.97 Å². The number of hydrogen-bond acceptors (Lipinski definition) is 8. The summed E-state index contributed by atoms with van der Waals surface area (Å²) in [5.74, 6) is 3.42. The minimum absolute atomic E-state index is 0.480. The monoisotopic (exact) mass is 416 g/mol. The summed E-state index contributed by atoms with van der Waals surface area (Å²) in [7, 11) is 1.63. The number of pyridine rings is 2. The van der Waals surface area contributed by atoms with Crippen LogP contribution in [0.2, 0.25) is 0 Å². The van der Waals surface area contributed by atoms with Gasteiger partial charge in [-0.05, 0) is 31.4 Å². The SMILES string of the molecule is COc1ccnc(Nc2nc(Nc3ccn4ccnc4c3)cc(N3CCCCC3)n2)c1. The summed E-state index contributed by atoms with van der Waals surface area (Å²) in [6, 6.07) is 9.59. The molecule has 0 radical (unpaired) electrons. The third kappa shape index (κ3) is 4.35. The van der Waals surface area contributed by atoms with Crippen molar-refractivity contribution in [2.75, 3.05) is 35.7 Å². The molecule has 0 spiro atoms. The molecular weight excluding hydrogens is 392 g/mol. The van der Waals surface area contributed by atoms with Gasteiger partial charge in [0.25, 0.3) is 0 Å². The molecule has 0 aliphatic carbocycles. The molecule has 5 rings (SSSR count). The average molecular weight is 416 g/mol. The first-order valence-electron chi connectivity index (χ1n) is 10.4. The number of nitrogens with zero attached hydrogens (tertiary/aromatic N) is 6. The fraction of sp³-hybridized carbons (Fsp3) is 0.273. The smallest absolute Gasteiger partial charge is 0.232 e.